The van der Waals surface area contributed by atoms with Gasteiger partial charge < -0.3 is 4.90 Å². The molecular weight excluding hydrogens is 351 g/mol. The van der Waals surface area contributed by atoms with Gasteiger partial charge >= 0.3 is 0 Å². The van der Waals surface area contributed by atoms with E-state index in [9.17, 15) is 0 Å². The average molecular weight is 369 g/mol. The Morgan fingerprint density at radius 3 is 2.68 bits per heavy atom. The topological polar surface area (TPSA) is 16.1 Å². The Morgan fingerprint density at radius 2 is 1.88 bits per heavy atom. The second-order valence-corrected chi connectivity index (χ2v) is 7.42. The summed E-state index contributed by atoms with van der Waals surface area (Å²) in [5.41, 5.74) is 5.98. The second-order valence-electron chi connectivity index (χ2n) is 6.57. The molecule has 0 N–H and O–H groups in total. The maximum Gasteiger partial charge on any atom is 0.0468 e. The average Bonchev–Trinajstić information content (AvgIpc) is 2.63. The number of hydrogen-bond donors (Lipinski definition) is 0. The summed E-state index contributed by atoms with van der Waals surface area (Å²) in [6.45, 7) is 1.80. The molecule has 1 atom stereocenters. The van der Waals surface area contributed by atoms with E-state index in [-0.39, 0.29) is 5.92 Å². The van der Waals surface area contributed by atoms with Crippen LogP contribution in [0.3, 0.4) is 0 Å². The lowest BCUT2D eigenvalue weighted by Crippen LogP contribution is -2.31. The molecule has 3 aromatic rings. The van der Waals surface area contributed by atoms with Crippen LogP contribution in [0.5, 0.6) is 0 Å². The minimum atomic E-state index is 0.251. The molecule has 0 radical (unpaired) electrons. The monoisotopic (exact) mass is 368 g/mol. The van der Waals surface area contributed by atoms with E-state index in [1.807, 2.05) is 18.3 Å². The third kappa shape index (κ3) is 3.30. The Morgan fingerprint density at radius 1 is 1.04 bits per heavy atom. The Balaban J connectivity index is 1.81. The van der Waals surface area contributed by atoms with Crippen LogP contribution in [0.4, 0.5) is 0 Å². The van der Waals surface area contributed by atoms with Crippen LogP contribution in [0.1, 0.15) is 22.6 Å². The zero-order valence-corrected chi connectivity index (χ0v) is 15.4. The summed E-state index contributed by atoms with van der Waals surface area (Å²) in [5, 5.41) is 1.45. The quantitative estimate of drug-likeness (QED) is 0.582. The van der Waals surface area contributed by atoms with Gasteiger partial charge in [0.15, 0.2) is 0 Å². The number of nitrogens with zero attached hydrogens (tertiary/aromatic N) is 2. The molecule has 2 nitrogen and oxygen atoms in total. The molecule has 0 unspecified atom stereocenters. The number of halogens is 2. The van der Waals surface area contributed by atoms with Gasteiger partial charge in [-0.3, -0.25) is 4.98 Å². The summed E-state index contributed by atoms with van der Waals surface area (Å²) in [4.78, 5) is 6.54. The van der Waals surface area contributed by atoms with Crippen molar-refractivity contribution in [1.82, 2.24) is 9.88 Å². The highest BCUT2D eigenvalue weighted by Gasteiger charge is 2.27. The predicted molar refractivity (Wildman–Crippen MR) is 104 cm³/mol. The largest absolute Gasteiger partial charge is 0.301 e. The number of aromatic nitrogens is 1. The summed E-state index contributed by atoms with van der Waals surface area (Å²) in [6, 6.07) is 16.6. The van der Waals surface area contributed by atoms with E-state index in [2.05, 4.69) is 53.3 Å². The van der Waals surface area contributed by atoms with E-state index < -0.39 is 0 Å². The number of fused-ring (bicyclic) bond motifs is 1. The van der Waals surface area contributed by atoms with Crippen LogP contribution in [0.2, 0.25) is 10.0 Å². The van der Waals surface area contributed by atoms with Crippen molar-refractivity contribution < 1.29 is 0 Å². The number of likely N-dealkylation sites (N-methyl/N-ethyl adjacent to an activating group) is 1. The Bertz CT molecular complexity index is 909. The van der Waals surface area contributed by atoms with E-state index in [4.69, 9.17) is 23.2 Å². The molecule has 0 fully saturated rings. The molecule has 4 rings (SSSR count). The number of hydrogen-bond acceptors (Lipinski definition) is 2. The first-order chi connectivity index (χ1) is 12.1. The zero-order chi connectivity index (χ0) is 17.4. The van der Waals surface area contributed by atoms with Crippen LogP contribution in [0.15, 0.2) is 60.9 Å². The molecule has 25 heavy (non-hydrogen) atoms. The van der Waals surface area contributed by atoms with Crippen molar-refractivity contribution in [3.05, 3.63) is 87.7 Å². The molecule has 0 spiro atoms. The van der Waals surface area contributed by atoms with Crippen LogP contribution < -0.4 is 0 Å². The van der Waals surface area contributed by atoms with E-state index >= 15 is 0 Å². The maximum atomic E-state index is 6.47. The van der Waals surface area contributed by atoms with E-state index in [0.717, 1.165) is 23.7 Å². The van der Waals surface area contributed by atoms with Crippen molar-refractivity contribution in [1.29, 1.82) is 0 Å². The highest BCUT2D eigenvalue weighted by atomic mass is 35.5. The lowest BCUT2D eigenvalue weighted by Gasteiger charge is -2.33. The van der Waals surface area contributed by atoms with Gasteiger partial charge in [0.1, 0.15) is 0 Å². The van der Waals surface area contributed by atoms with Gasteiger partial charge in [-0.25, -0.2) is 0 Å². The van der Waals surface area contributed by atoms with Crippen LogP contribution in [-0.4, -0.2) is 23.5 Å². The van der Waals surface area contributed by atoms with Crippen molar-refractivity contribution in [3.8, 4) is 11.1 Å². The van der Waals surface area contributed by atoms with Crippen molar-refractivity contribution in [3.63, 3.8) is 0 Å². The first-order valence-electron chi connectivity index (χ1n) is 8.28. The fourth-order valence-corrected chi connectivity index (χ4v) is 4.17. The number of rotatable bonds is 2. The Labute approximate surface area is 158 Å². The van der Waals surface area contributed by atoms with Crippen molar-refractivity contribution in [2.45, 2.75) is 12.5 Å². The molecule has 1 aliphatic heterocycles. The highest BCUT2D eigenvalue weighted by Crippen LogP contribution is 2.39. The molecule has 1 aromatic heterocycles. The third-order valence-corrected chi connectivity index (χ3v) is 5.33. The van der Waals surface area contributed by atoms with E-state index in [0.29, 0.717) is 5.02 Å². The summed E-state index contributed by atoms with van der Waals surface area (Å²) in [6.07, 6.45) is 3.69. The van der Waals surface area contributed by atoms with Crippen molar-refractivity contribution >= 4 is 23.2 Å². The fraction of sp³-hybridized carbons (Fsp3) is 0.190. The van der Waals surface area contributed by atoms with Gasteiger partial charge in [-0.15, -0.1) is 0 Å². The molecular formula is C21H18Cl2N2. The van der Waals surface area contributed by atoms with Gasteiger partial charge in [0.05, 0.1) is 0 Å². The van der Waals surface area contributed by atoms with Gasteiger partial charge in [-0.05, 0) is 53.1 Å². The fourth-order valence-electron chi connectivity index (χ4n) is 3.60. The minimum Gasteiger partial charge on any atom is -0.301 e. The molecule has 126 valence electrons. The first kappa shape index (κ1) is 16.6. The molecule has 0 saturated heterocycles. The van der Waals surface area contributed by atoms with E-state index in [1.54, 1.807) is 6.20 Å². The van der Waals surface area contributed by atoms with Crippen LogP contribution in [-0.2, 0) is 6.54 Å². The van der Waals surface area contributed by atoms with Crippen molar-refractivity contribution in [2.75, 3.05) is 13.6 Å². The maximum absolute atomic E-state index is 6.47. The Hall–Kier alpha value is -1.87. The standard InChI is InChI=1S/C21H18Cl2N2/c1-25-12-19(18-9-17(22)10-21(23)20(18)13-25)15-5-2-4-14(8-15)16-6-3-7-24-11-16/h2-11,19H,12-13H2,1H3/t19-/m0/s1. The number of benzene rings is 2. The minimum absolute atomic E-state index is 0.251. The summed E-state index contributed by atoms with van der Waals surface area (Å²) in [7, 11) is 2.13. The first-order valence-corrected chi connectivity index (χ1v) is 9.04. The molecule has 0 aliphatic carbocycles. The summed E-state index contributed by atoms with van der Waals surface area (Å²) >= 11 is 12.8. The molecule has 2 heterocycles. The van der Waals surface area contributed by atoms with Crippen LogP contribution in [0, 0.1) is 0 Å². The predicted octanol–water partition coefficient (Wildman–Crippen LogP) is 5.63. The lowest BCUT2D eigenvalue weighted by molar-refractivity contribution is 0.295. The Kier molecular flexibility index (Phi) is 4.51. The second kappa shape index (κ2) is 6.80. The summed E-state index contributed by atoms with van der Waals surface area (Å²) in [5.74, 6) is 0.251. The molecule has 0 amide bonds. The van der Waals surface area contributed by atoms with Gasteiger partial charge in [0.25, 0.3) is 0 Å². The SMILES string of the molecule is CN1Cc2c(Cl)cc(Cl)cc2[C@H](c2cccc(-c3cccnc3)c2)C1. The van der Waals surface area contributed by atoms with Gasteiger partial charge in [-0.1, -0.05) is 53.5 Å². The van der Waals surface area contributed by atoms with Gasteiger partial charge in [0.2, 0.25) is 0 Å². The van der Waals surface area contributed by atoms with Crippen LogP contribution >= 0.6 is 23.2 Å². The normalized spacial score (nSPS) is 17.3. The molecule has 4 heteroatoms. The lowest BCUT2D eigenvalue weighted by atomic mass is 9.84. The molecule has 1 aliphatic rings. The number of pyridine rings is 1. The smallest absolute Gasteiger partial charge is 0.0468 e. The molecule has 0 saturated carbocycles. The van der Waals surface area contributed by atoms with Gasteiger partial charge in [0, 0.05) is 41.4 Å². The molecule has 0 bridgehead atoms. The molecule has 2 aromatic carbocycles. The highest BCUT2D eigenvalue weighted by molar-refractivity contribution is 6.35. The summed E-state index contributed by atoms with van der Waals surface area (Å²) < 4.78 is 0. The third-order valence-electron chi connectivity index (χ3n) is 4.78. The van der Waals surface area contributed by atoms with Crippen molar-refractivity contribution in [2.24, 2.45) is 0 Å². The van der Waals surface area contributed by atoms with E-state index in [1.165, 1.54) is 22.3 Å². The zero-order valence-electron chi connectivity index (χ0n) is 13.9. The van der Waals surface area contributed by atoms with Crippen LogP contribution in [0.25, 0.3) is 11.1 Å². The van der Waals surface area contributed by atoms with Gasteiger partial charge in [-0.2, -0.15) is 0 Å².